The molecule has 0 saturated heterocycles. The highest BCUT2D eigenvalue weighted by molar-refractivity contribution is 7.36. The van der Waals surface area contributed by atoms with Crippen molar-refractivity contribution >= 4 is 14.1 Å². The van der Waals surface area contributed by atoms with E-state index in [2.05, 4.69) is 10.1 Å². The molecular weight excluding hydrogens is 393 g/mol. The predicted molar refractivity (Wildman–Crippen MR) is 100.0 cm³/mol. The van der Waals surface area contributed by atoms with E-state index in [0.717, 1.165) is 10.6 Å². The molecule has 0 spiro atoms. The van der Waals surface area contributed by atoms with Gasteiger partial charge < -0.3 is 14.6 Å². The summed E-state index contributed by atoms with van der Waals surface area (Å²) in [6.07, 6.45) is -1.81. The molecule has 3 N–H and O–H groups in total. The van der Waals surface area contributed by atoms with Gasteiger partial charge in [0, 0.05) is 12.3 Å². The van der Waals surface area contributed by atoms with Gasteiger partial charge in [0.15, 0.2) is 0 Å². The van der Waals surface area contributed by atoms with Crippen LogP contribution in [0.4, 0.5) is 0 Å². The van der Waals surface area contributed by atoms with Crippen LogP contribution in [-0.2, 0) is 23.4 Å². The van der Waals surface area contributed by atoms with Crippen LogP contribution in [0.1, 0.15) is 40.8 Å². The van der Waals surface area contributed by atoms with Gasteiger partial charge in [0.25, 0.3) is 5.56 Å². The number of rotatable bonds is 11. The summed E-state index contributed by atoms with van der Waals surface area (Å²) in [5.41, 5.74) is -1.22. The lowest BCUT2D eigenvalue weighted by Gasteiger charge is -2.23. The maximum atomic E-state index is 12.0. The molecule has 12 heteroatoms. The highest BCUT2D eigenvalue weighted by Gasteiger charge is 2.31. The van der Waals surface area contributed by atoms with Gasteiger partial charge in [0.1, 0.15) is 25.0 Å². The number of carbonyl (C=O) groups excluding carboxylic acids is 1. The van der Waals surface area contributed by atoms with Crippen molar-refractivity contribution in [2.45, 2.75) is 65.2 Å². The monoisotopic (exact) mass is 420 g/mol. The van der Waals surface area contributed by atoms with E-state index in [1.54, 1.807) is 13.8 Å². The summed E-state index contributed by atoms with van der Waals surface area (Å²) in [4.78, 5) is 36.7. The molecule has 0 bridgehead atoms. The summed E-state index contributed by atoms with van der Waals surface area (Å²) in [5.74, 6) is -0.573. The summed E-state index contributed by atoms with van der Waals surface area (Å²) in [7, 11) is -2.43. The summed E-state index contributed by atoms with van der Waals surface area (Å²) in [5, 5.41) is 12.3. The first-order valence-electron chi connectivity index (χ1n) is 8.73. The van der Waals surface area contributed by atoms with E-state index in [1.165, 1.54) is 27.0 Å². The van der Waals surface area contributed by atoms with Gasteiger partial charge in [-0.05, 0) is 39.2 Å². The number of aliphatic hydroxyl groups excluding tert-OH is 1. The topological polar surface area (TPSA) is 149 Å². The fraction of sp³-hybridized carbons (Fsp3) is 0.688. The van der Waals surface area contributed by atoms with Crippen LogP contribution in [-0.4, -0.2) is 51.6 Å². The molecule has 0 aliphatic carbocycles. The SMILES string of the molecule is CC(C)OC(=O)[C@H](C)N[P+](=O)OC[C@@H](O[C@H](C)n1ccc(=O)[nH]c1=O)[C@H](C)O. The molecule has 1 unspecified atom stereocenters. The van der Waals surface area contributed by atoms with Gasteiger partial charge in [-0.2, -0.15) is 0 Å². The Morgan fingerprint density at radius 3 is 2.46 bits per heavy atom. The van der Waals surface area contributed by atoms with E-state index in [9.17, 15) is 24.1 Å². The third-order valence-corrected chi connectivity index (χ3v) is 4.49. The first-order valence-corrected chi connectivity index (χ1v) is 9.90. The number of aliphatic hydroxyl groups is 1. The maximum Gasteiger partial charge on any atom is 0.613 e. The molecule has 0 amide bonds. The molecule has 0 aliphatic rings. The first kappa shape index (κ1) is 24.1. The third-order valence-electron chi connectivity index (χ3n) is 3.51. The van der Waals surface area contributed by atoms with Gasteiger partial charge in [-0.25, -0.2) is 4.79 Å². The van der Waals surface area contributed by atoms with Gasteiger partial charge in [0.2, 0.25) is 0 Å². The minimum Gasteiger partial charge on any atom is -0.462 e. The van der Waals surface area contributed by atoms with Gasteiger partial charge in [-0.15, -0.1) is 4.52 Å². The van der Waals surface area contributed by atoms with Crippen LogP contribution in [0, 0.1) is 0 Å². The lowest BCUT2D eigenvalue weighted by Crippen LogP contribution is -2.37. The minimum absolute atomic E-state index is 0.270. The van der Waals surface area contributed by atoms with Crippen molar-refractivity contribution in [2.75, 3.05) is 6.61 Å². The zero-order valence-electron chi connectivity index (χ0n) is 16.4. The molecule has 0 aromatic carbocycles. The molecule has 28 heavy (non-hydrogen) atoms. The standard InChI is InChI=1S/C16H26N3O8P/c1-9(2)26-15(22)10(3)18-28(24)25-8-13(11(4)20)27-12(5)19-7-6-14(21)17-16(19)23/h6-7,9-13,20H,8H2,1-5H3,(H-,17,18,21,23,24)/p+1/t10-,11-,12+,13+/m0/s1. The van der Waals surface area contributed by atoms with Gasteiger partial charge in [-0.3, -0.25) is 19.1 Å². The van der Waals surface area contributed by atoms with E-state index in [0.29, 0.717) is 0 Å². The van der Waals surface area contributed by atoms with E-state index in [-0.39, 0.29) is 12.7 Å². The number of H-pyrrole nitrogens is 1. The summed E-state index contributed by atoms with van der Waals surface area (Å²) < 4.78 is 28.8. The predicted octanol–water partition coefficient (Wildman–Crippen LogP) is 0.425. The number of hydrogen-bond acceptors (Lipinski definition) is 8. The van der Waals surface area contributed by atoms with Crippen LogP contribution in [0.3, 0.4) is 0 Å². The number of carbonyl (C=O) groups is 1. The zero-order valence-corrected chi connectivity index (χ0v) is 17.3. The first-order chi connectivity index (χ1) is 13.0. The molecule has 0 saturated carbocycles. The normalized spacial score (nSPS) is 16.3. The lowest BCUT2D eigenvalue weighted by atomic mass is 10.2. The van der Waals surface area contributed by atoms with Gasteiger partial charge in [-0.1, -0.05) is 5.09 Å². The number of aromatic nitrogens is 2. The molecule has 0 fully saturated rings. The Morgan fingerprint density at radius 2 is 1.93 bits per heavy atom. The van der Waals surface area contributed by atoms with Crippen molar-refractivity contribution < 1.29 is 28.5 Å². The molecule has 1 heterocycles. The molecule has 158 valence electrons. The molecule has 0 radical (unpaired) electrons. The van der Waals surface area contributed by atoms with Gasteiger partial charge in [0.05, 0.1) is 12.2 Å². The number of nitrogens with one attached hydrogen (secondary N) is 2. The Morgan fingerprint density at radius 1 is 1.29 bits per heavy atom. The highest BCUT2D eigenvalue weighted by Crippen LogP contribution is 2.21. The summed E-state index contributed by atoms with van der Waals surface area (Å²) in [6.45, 7) is 7.58. The van der Waals surface area contributed by atoms with Crippen molar-refractivity contribution in [3.63, 3.8) is 0 Å². The van der Waals surface area contributed by atoms with Crippen LogP contribution in [0.5, 0.6) is 0 Å². The Balaban J connectivity index is 2.63. The van der Waals surface area contributed by atoms with Gasteiger partial charge >= 0.3 is 19.8 Å². The second-order valence-electron chi connectivity index (χ2n) is 6.42. The minimum atomic E-state index is -2.43. The Bertz CT molecular complexity index is 776. The maximum absolute atomic E-state index is 12.0. The van der Waals surface area contributed by atoms with Crippen molar-refractivity contribution in [3.05, 3.63) is 33.1 Å². The highest BCUT2D eigenvalue weighted by atomic mass is 31.1. The Kier molecular flexibility index (Phi) is 9.63. The number of hydrogen-bond donors (Lipinski definition) is 3. The van der Waals surface area contributed by atoms with Crippen molar-refractivity contribution in [1.82, 2.24) is 14.6 Å². The smallest absolute Gasteiger partial charge is 0.462 e. The Hall–Kier alpha value is -1.91. The van der Waals surface area contributed by atoms with Crippen molar-refractivity contribution in [1.29, 1.82) is 0 Å². The second kappa shape index (κ2) is 11.2. The molecule has 5 atom stereocenters. The average molecular weight is 420 g/mol. The Labute approximate surface area is 162 Å². The van der Waals surface area contributed by atoms with Crippen LogP contribution in [0.2, 0.25) is 0 Å². The van der Waals surface area contributed by atoms with E-state index in [4.69, 9.17) is 14.0 Å². The van der Waals surface area contributed by atoms with Crippen molar-refractivity contribution in [2.24, 2.45) is 0 Å². The summed E-state index contributed by atoms with van der Waals surface area (Å²) >= 11 is 0. The van der Waals surface area contributed by atoms with E-state index >= 15 is 0 Å². The molecule has 1 aromatic rings. The van der Waals surface area contributed by atoms with E-state index in [1.807, 2.05) is 0 Å². The number of esters is 1. The number of ether oxygens (including phenoxy) is 2. The van der Waals surface area contributed by atoms with E-state index < -0.39 is 49.9 Å². The van der Waals surface area contributed by atoms with Crippen LogP contribution in [0.15, 0.2) is 21.9 Å². The number of aromatic amines is 1. The molecule has 11 nitrogen and oxygen atoms in total. The van der Waals surface area contributed by atoms with Crippen LogP contribution in [0.25, 0.3) is 0 Å². The average Bonchev–Trinajstić information content (AvgIpc) is 2.57. The molecular formula is C16H27N3O8P+. The molecule has 1 rings (SSSR count). The fourth-order valence-corrected chi connectivity index (χ4v) is 2.83. The second-order valence-corrected chi connectivity index (χ2v) is 7.45. The van der Waals surface area contributed by atoms with Crippen LogP contribution >= 0.6 is 8.18 Å². The summed E-state index contributed by atoms with van der Waals surface area (Å²) in [6, 6.07) is 0.309. The fourth-order valence-electron chi connectivity index (χ4n) is 2.05. The van der Waals surface area contributed by atoms with Crippen LogP contribution < -0.4 is 16.3 Å². The lowest BCUT2D eigenvalue weighted by molar-refractivity contribution is -0.149. The van der Waals surface area contributed by atoms with Crippen molar-refractivity contribution in [3.8, 4) is 0 Å². The quantitative estimate of drug-likeness (QED) is 0.342. The largest absolute Gasteiger partial charge is 0.613 e. The third kappa shape index (κ3) is 7.99. The molecule has 1 aromatic heterocycles. The number of nitrogens with zero attached hydrogens (tertiary/aromatic N) is 1. The molecule has 0 aliphatic heterocycles. The zero-order chi connectivity index (χ0) is 21.4.